The van der Waals surface area contributed by atoms with Crippen LogP contribution in [0.5, 0.6) is 5.75 Å². The summed E-state index contributed by atoms with van der Waals surface area (Å²) in [6.45, 7) is 0.428. The number of nitrogen functional groups attached to an aromatic ring is 1. The minimum absolute atomic E-state index is 0.234. The van der Waals surface area contributed by atoms with Crippen molar-refractivity contribution in [3.05, 3.63) is 60.3 Å². The first-order valence-corrected chi connectivity index (χ1v) is 12.0. The number of benzene rings is 1. The number of nitrogens with one attached hydrogen (secondary N) is 2. The molecule has 0 spiro atoms. The maximum absolute atomic E-state index is 12.6. The Morgan fingerprint density at radius 2 is 2.11 bits per heavy atom. The van der Waals surface area contributed by atoms with Crippen LogP contribution in [0.15, 0.2) is 48.8 Å². The summed E-state index contributed by atoms with van der Waals surface area (Å²) in [4.78, 5) is 26.3. The number of carbonyl (C=O) groups excluding carboxylic acids is 1. The van der Waals surface area contributed by atoms with Crippen LogP contribution >= 0.6 is 0 Å². The number of carbonyl (C=O) groups is 1. The van der Waals surface area contributed by atoms with Gasteiger partial charge in [-0.1, -0.05) is 6.07 Å². The molecule has 1 fully saturated rings. The van der Waals surface area contributed by atoms with E-state index >= 15 is 0 Å². The minimum atomic E-state index is -0.234. The average Bonchev–Trinajstić information content (AvgIpc) is 3.53. The monoisotopic (exact) mass is 482 g/mol. The van der Waals surface area contributed by atoms with E-state index in [1.54, 1.807) is 25.4 Å². The molecule has 0 aliphatic heterocycles. The van der Waals surface area contributed by atoms with E-state index in [-0.39, 0.29) is 5.91 Å². The fourth-order valence-corrected chi connectivity index (χ4v) is 4.73. The number of hydrogen-bond donors (Lipinski definition) is 3. The van der Waals surface area contributed by atoms with Crippen LogP contribution in [-0.4, -0.2) is 49.3 Å². The van der Waals surface area contributed by atoms with Crippen molar-refractivity contribution in [1.82, 2.24) is 35.0 Å². The maximum atomic E-state index is 12.6. The molecular formula is C26H26N8O2. The van der Waals surface area contributed by atoms with Gasteiger partial charge in [0, 0.05) is 36.2 Å². The highest BCUT2D eigenvalue weighted by atomic mass is 16.5. The van der Waals surface area contributed by atoms with Gasteiger partial charge in [-0.2, -0.15) is 5.10 Å². The molecule has 0 bridgehead atoms. The topological polar surface area (TPSA) is 137 Å². The van der Waals surface area contributed by atoms with Crippen molar-refractivity contribution in [2.75, 3.05) is 19.4 Å². The number of aromatic nitrogens is 6. The van der Waals surface area contributed by atoms with Crippen molar-refractivity contribution in [2.45, 2.75) is 31.7 Å². The maximum Gasteiger partial charge on any atom is 0.269 e. The Bertz CT molecular complexity index is 1550. The van der Waals surface area contributed by atoms with Gasteiger partial charge in [-0.05, 0) is 49.6 Å². The Hall–Kier alpha value is -4.47. The Labute approximate surface area is 206 Å². The first kappa shape index (κ1) is 22.0. The summed E-state index contributed by atoms with van der Waals surface area (Å²) in [5.41, 5.74) is 11.2. The molecule has 4 N–H and O–H groups in total. The Balaban J connectivity index is 1.33. The van der Waals surface area contributed by atoms with Crippen LogP contribution in [0.3, 0.4) is 0 Å². The van der Waals surface area contributed by atoms with E-state index in [0.29, 0.717) is 41.8 Å². The van der Waals surface area contributed by atoms with E-state index in [2.05, 4.69) is 42.2 Å². The van der Waals surface area contributed by atoms with Crippen molar-refractivity contribution < 1.29 is 9.53 Å². The molecule has 182 valence electrons. The van der Waals surface area contributed by atoms with E-state index in [4.69, 9.17) is 15.5 Å². The fraction of sp³-hybridized carbons (Fsp3) is 0.269. The molecule has 4 aromatic heterocycles. The summed E-state index contributed by atoms with van der Waals surface area (Å²) < 4.78 is 7.42. The highest BCUT2D eigenvalue weighted by Gasteiger charge is 2.27. The van der Waals surface area contributed by atoms with Gasteiger partial charge >= 0.3 is 0 Å². The lowest BCUT2D eigenvalue weighted by Gasteiger charge is -2.29. The molecule has 0 unspecified atom stereocenters. The molecule has 1 aliphatic carbocycles. The molecule has 0 atom stereocenters. The largest absolute Gasteiger partial charge is 0.495 e. The number of methoxy groups -OCH3 is 1. The number of fused-ring (bicyclic) bond motifs is 3. The molecule has 1 aromatic carbocycles. The molecular weight excluding hydrogens is 456 g/mol. The van der Waals surface area contributed by atoms with Crippen LogP contribution in [0.2, 0.25) is 0 Å². The number of nitrogens with two attached hydrogens (primary N) is 1. The van der Waals surface area contributed by atoms with Crippen LogP contribution in [0.25, 0.3) is 33.2 Å². The second kappa shape index (κ2) is 8.95. The number of aromatic amines is 1. The molecule has 10 nitrogen and oxygen atoms in total. The van der Waals surface area contributed by atoms with E-state index in [1.807, 2.05) is 12.1 Å². The molecule has 36 heavy (non-hydrogen) atoms. The number of imidazole rings is 1. The highest BCUT2D eigenvalue weighted by molar-refractivity contribution is 6.07. The van der Waals surface area contributed by atoms with Crippen molar-refractivity contribution in [3.8, 4) is 17.0 Å². The number of hydrogen-bond acceptors (Lipinski definition) is 7. The lowest BCUT2D eigenvalue weighted by Crippen LogP contribution is -2.28. The number of anilines is 1. The number of pyridine rings is 2. The van der Waals surface area contributed by atoms with Crippen LogP contribution in [0.4, 0.5) is 5.82 Å². The lowest BCUT2D eigenvalue weighted by atomic mass is 9.92. The van der Waals surface area contributed by atoms with Gasteiger partial charge in [-0.3, -0.25) is 9.89 Å². The number of nitrogens with zero attached hydrogens (tertiary/aromatic N) is 5. The highest BCUT2D eigenvalue weighted by Crippen LogP contribution is 2.39. The fourth-order valence-electron chi connectivity index (χ4n) is 4.73. The van der Waals surface area contributed by atoms with Crippen molar-refractivity contribution in [1.29, 1.82) is 0 Å². The standard InChI is InChI=1S/C26H26N8O2/c1-36-17-6-8-20(29-14-17)26(35)28-11-10-22-32-23-24(34(22)16-3-2-4-16)18-7-5-15(19-9-12-30-33-19)13-21(18)31-25(23)27/h5-9,12-14,16H,2-4,10-11H2,1H3,(H2,27,31)(H,28,35)(H,30,33). The van der Waals surface area contributed by atoms with Gasteiger partial charge in [0.1, 0.15) is 22.8 Å². The number of ether oxygens (including phenoxy) is 1. The molecule has 0 radical (unpaired) electrons. The number of H-pyrrole nitrogens is 1. The third kappa shape index (κ3) is 3.80. The molecule has 5 aromatic rings. The zero-order valence-corrected chi connectivity index (χ0v) is 19.9. The van der Waals surface area contributed by atoms with E-state index < -0.39 is 0 Å². The summed E-state index contributed by atoms with van der Waals surface area (Å²) in [7, 11) is 1.56. The van der Waals surface area contributed by atoms with E-state index in [1.165, 1.54) is 12.6 Å². The van der Waals surface area contributed by atoms with Gasteiger partial charge in [-0.15, -0.1) is 0 Å². The van der Waals surface area contributed by atoms with Gasteiger partial charge < -0.3 is 20.4 Å². The van der Waals surface area contributed by atoms with Crippen molar-refractivity contribution in [3.63, 3.8) is 0 Å². The predicted molar refractivity (Wildman–Crippen MR) is 137 cm³/mol. The molecule has 10 heteroatoms. The van der Waals surface area contributed by atoms with Crippen LogP contribution in [0, 0.1) is 0 Å². The molecule has 1 saturated carbocycles. The number of amides is 1. The zero-order valence-electron chi connectivity index (χ0n) is 19.9. The van der Waals surface area contributed by atoms with Gasteiger partial charge in [-0.25, -0.2) is 15.0 Å². The second-order valence-electron chi connectivity index (χ2n) is 8.97. The van der Waals surface area contributed by atoms with Gasteiger partial charge in [0.15, 0.2) is 5.82 Å². The molecule has 4 heterocycles. The first-order chi connectivity index (χ1) is 17.6. The predicted octanol–water partition coefficient (Wildman–Crippen LogP) is 3.66. The van der Waals surface area contributed by atoms with E-state index in [0.717, 1.165) is 46.3 Å². The second-order valence-corrected chi connectivity index (χ2v) is 8.97. The Morgan fingerprint density at radius 1 is 1.22 bits per heavy atom. The molecule has 6 rings (SSSR count). The Morgan fingerprint density at radius 3 is 2.81 bits per heavy atom. The normalized spacial score (nSPS) is 13.7. The van der Waals surface area contributed by atoms with Crippen LogP contribution < -0.4 is 15.8 Å². The smallest absolute Gasteiger partial charge is 0.269 e. The summed E-state index contributed by atoms with van der Waals surface area (Å²) in [5.74, 6) is 1.68. The van der Waals surface area contributed by atoms with Gasteiger partial charge in [0.25, 0.3) is 5.91 Å². The quantitative estimate of drug-likeness (QED) is 0.322. The SMILES string of the molecule is COc1ccc(C(=O)NCCc2nc3c(N)nc4cc(-c5ccn[nH]5)ccc4c3n2C2CCC2)nc1. The molecule has 0 saturated heterocycles. The summed E-state index contributed by atoms with van der Waals surface area (Å²) in [6, 6.07) is 11.8. The third-order valence-electron chi connectivity index (χ3n) is 6.81. The summed E-state index contributed by atoms with van der Waals surface area (Å²) >= 11 is 0. The van der Waals surface area contributed by atoms with Crippen molar-refractivity contribution >= 4 is 33.7 Å². The minimum Gasteiger partial charge on any atom is -0.495 e. The number of rotatable bonds is 7. The molecule has 1 aliphatic rings. The molecule has 1 amide bonds. The summed E-state index contributed by atoms with van der Waals surface area (Å²) in [6.07, 6.45) is 7.20. The van der Waals surface area contributed by atoms with Gasteiger partial charge in [0.2, 0.25) is 0 Å². The zero-order chi connectivity index (χ0) is 24.6. The average molecular weight is 483 g/mol. The summed E-state index contributed by atoms with van der Waals surface area (Å²) in [5, 5.41) is 11.0. The third-order valence-corrected chi connectivity index (χ3v) is 6.81. The van der Waals surface area contributed by atoms with E-state index in [9.17, 15) is 4.79 Å². The van der Waals surface area contributed by atoms with Gasteiger partial charge in [0.05, 0.1) is 30.0 Å². The van der Waals surface area contributed by atoms with Crippen LogP contribution in [-0.2, 0) is 6.42 Å². The first-order valence-electron chi connectivity index (χ1n) is 12.0. The van der Waals surface area contributed by atoms with Crippen molar-refractivity contribution in [2.24, 2.45) is 0 Å². The Kier molecular flexibility index (Phi) is 5.48. The van der Waals surface area contributed by atoms with Crippen LogP contribution in [0.1, 0.15) is 41.6 Å². The lowest BCUT2D eigenvalue weighted by molar-refractivity contribution is 0.0949.